The lowest BCUT2D eigenvalue weighted by Gasteiger charge is -2.18. The van der Waals surface area contributed by atoms with Gasteiger partial charge < -0.3 is 9.73 Å². The maximum atomic E-state index is 5.21. The molecule has 4 nitrogen and oxygen atoms in total. The number of hydrogen-bond donors (Lipinski definition) is 1. The van der Waals surface area contributed by atoms with Crippen molar-refractivity contribution in [1.82, 2.24) is 15.1 Å². The molecule has 0 spiro atoms. The highest BCUT2D eigenvalue weighted by molar-refractivity contribution is 5.26. The second-order valence-corrected chi connectivity index (χ2v) is 4.47. The maximum Gasteiger partial charge on any atom is 0.0954 e. The van der Waals surface area contributed by atoms with E-state index in [1.54, 1.807) is 12.5 Å². The van der Waals surface area contributed by atoms with Gasteiger partial charge in [0.15, 0.2) is 0 Å². The second kappa shape index (κ2) is 5.87. The third-order valence-corrected chi connectivity index (χ3v) is 3.00. The van der Waals surface area contributed by atoms with Crippen LogP contribution in [0.25, 0.3) is 0 Å². The summed E-state index contributed by atoms with van der Waals surface area (Å²) in [6, 6.07) is 4.31. The van der Waals surface area contributed by atoms with Gasteiger partial charge >= 0.3 is 0 Å². The summed E-state index contributed by atoms with van der Waals surface area (Å²) in [5.74, 6) is 0. The number of aryl methyl sites for hydroxylation is 2. The Morgan fingerprint density at radius 3 is 2.89 bits per heavy atom. The van der Waals surface area contributed by atoms with E-state index in [0.717, 1.165) is 30.8 Å². The molecule has 0 bridgehead atoms. The van der Waals surface area contributed by atoms with Gasteiger partial charge in [-0.25, -0.2) is 0 Å². The number of nitrogens with one attached hydrogen (secondary N) is 1. The molecule has 1 N–H and O–H groups in total. The zero-order chi connectivity index (χ0) is 13.0. The topological polar surface area (TPSA) is 43.0 Å². The Balaban J connectivity index is 2.33. The van der Waals surface area contributed by atoms with Gasteiger partial charge in [-0.3, -0.25) is 4.68 Å². The number of furan rings is 1. The fraction of sp³-hybridized carbons (Fsp3) is 0.500. The van der Waals surface area contributed by atoms with E-state index in [-0.39, 0.29) is 6.04 Å². The van der Waals surface area contributed by atoms with Crippen molar-refractivity contribution in [3.8, 4) is 0 Å². The molecule has 18 heavy (non-hydrogen) atoms. The predicted octanol–water partition coefficient (Wildman–Crippen LogP) is 2.89. The molecule has 0 aliphatic rings. The van der Waals surface area contributed by atoms with Crippen molar-refractivity contribution in [3.05, 3.63) is 41.6 Å². The van der Waals surface area contributed by atoms with E-state index in [2.05, 4.69) is 35.0 Å². The van der Waals surface area contributed by atoms with E-state index >= 15 is 0 Å². The first-order chi connectivity index (χ1) is 8.76. The molecule has 2 rings (SSSR count). The molecule has 0 saturated carbocycles. The molecule has 1 unspecified atom stereocenters. The SMILES string of the molecule is CCCNC(c1ccoc1)c1cc(C)nn1CC. The first-order valence-corrected chi connectivity index (χ1v) is 6.56. The summed E-state index contributed by atoms with van der Waals surface area (Å²) in [7, 11) is 0. The molecule has 2 aromatic rings. The normalized spacial score (nSPS) is 12.8. The Kier molecular flexibility index (Phi) is 4.20. The van der Waals surface area contributed by atoms with Crippen LogP contribution in [0, 0.1) is 6.92 Å². The molecular formula is C14H21N3O. The van der Waals surface area contributed by atoms with Crippen LogP contribution in [0.1, 0.15) is 43.3 Å². The number of nitrogens with zero attached hydrogens (tertiary/aromatic N) is 2. The molecule has 0 aliphatic heterocycles. The minimum absolute atomic E-state index is 0.157. The average molecular weight is 247 g/mol. The van der Waals surface area contributed by atoms with Gasteiger partial charge in [-0.05, 0) is 38.9 Å². The molecule has 0 fully saturated rings. The monoisotopic (exact) mass is 247 g/mol. The number of rotatable bonds is 6. The first-order valence-electron chi connectivity index (χ1n) is 6.56. The Hall–Kier alpha value is -1.55. The van der Waals surface area contributed by atoms with E-state index < -0.39 is 0 Å². The van der Waals surface area contributed by atoms with Crippen molar-refractivity contribution < 1.29 is 4.42 Å². The maximum absolute atomic E-state index is 5.21. The minimum atomic E-state index is 0.157. The summed E-state index contributed by atoms with van der Waals surface area (Å²) in [4.78, 5) is 0. The quantitative estimate of drug-likeness (QED) is 0.853. The summed E-state index contributed by atoms with van der Waals surface area (Å²) in [6.45, 7) is 8.17. The Morgan fingerprint density at radius 2 is 2.28 bits per heavy atom. The third kappa shape index (κ3) is 2.64. The highest BCUT2D eigenvalue weighted by atomic mass is 16.3. The van der Waals surface area contributed by atoms with Gasteiger partial charge in [0.05, 0.1) is 30.0 Å². The van der Waals surface area contributed by atoms with E-state index in [0.29, 0.717) is 0 Å². The van der Waals surface area contributed by atoms with Crippen molar-refractivity contribution >= 4 is 0 Å². The molecular weight excluding hydrogens is 226 g/mol. The summed E-state index contributed by atoms with van der Waals surface area (Å²) in [5.41, 5.74) is 3.40. The largest absolute Gasteiger partial charge is 0.472 e. The van der Waals surface area contributed by atoms with E-state index in [4.69, 9.17) is 4.42 Å². The first kappa shape index (κ1) is 12.9. The van der Waals surface area contributed by atoms with E-state index in [1.165, 1.54) is 5.69 Å². The van der Waals surface area contributed by atoms with Crippen LogP contribution in [0.2, 0.25) is 0 Å². The highest BCUT2D eigenvalue weighted by Gasteiger charge is 2.19. The van der Waals surface area contributed by atoms with Crippen molar-refractivity contribution in [2.45, 2.75) is 39.8 Å². The van der Waals surface area contributed by atoms with Gasteiger partial charge in [-0.2, -0.15) is 5.10 Å². The van der Waals surface area contributed by atoms with Crippen molar-refractivity contribution in [1.29, 1.82) is 0 Å². The van der Waals surface area contributed by atoms with Crippen molar-refractivity contribution in [2.24, 2.45) is 0 Å². The summed E-state index contributed by atoms with van der Waals surface area (Å²) >= 11 is 0. The fourth-order valence-electron chi connectivity index (χ4n) is 2.17. The Bertz CT molecular complexity index is 473. The minimum Gasteiger partial charge on any atom is -0.472 e. The molecule has 0 amide bonds. The summed E-state index contributed by atoms with van der Waals surface area (Å²) < 4.78 is 7.26. The Morgan fingerprint density at radius 1 is 1.44 bits per heavy atom. The van der Waals surface area contributed by atoms with Gasteiger partial charge in [-0.15, -0.1) is 0 Å². The van der Waals surface area contributed by atoms with Crippen molar-refractivity contribution in [2.75, 3.05) is 6.54 Å². The smallest absolute Gasteiger partial charge is 0.0954 e. The van der Waals surface area contributed by atoms with Crippen LogP contribution in [0.3, 0.4) is 0 Å². The lowest BCUT2D eigenvalue weighted by molar-refractivity contribution is 0.516. The zero-order valence-electron chi connectivity index (χ0n) is 11.3. The van der Waals surface area contributed by atoms with E-state index in [1.807, 2.05) is 13.0 Å². The molecule has 4 heteroatoms. The van der Waals surface area contributed by atoms with E-state index in [9.17, 15) is 0 Å². The van der Waals surface area contributed by atoms with Crippen LogP contribution in [0.5, 0.6) is 0 Å². The summed E-state index contributed by atoms with van der Waals surface area (Å²) in [5, 5.41) is 8.07. The molecule has 1 atom stereocenters. The summed E-state index contributed by atoms with van der Waals surface area (Å²) in [6.07, 6.45) is 4.62. The predicted molar refractivity (Wildman–Crippen MR) is 71.5 cm³/mol. The Labute approximate surface area is 108 Å². The van der Waals surface area contributed by atoms with Gasteiger partial charge in [0.2, 0.25) is 0 Å². The molecule has 2 heterocycles. The molecule has 98 valence electrons. The fourth-order valence-corrected chi connectivity index (χ4v) is 2.17. The number of aromatic nitrogens is 2. The van der Waals surface area contributed by atoms with Crippen LogP contribution in [-0.4, -0.2) is 16.3 Å². The molecule has 0 aromatic carbocycles. The molecule has 0 radical (unpaired) electrons. The van der Waals surface area contributed by atoms with Crippen LogP contribution < -0.4 is 5.32 Å². The standard InChI is InChI=1S/C14H21N3O/c1-4-7-15-14(12-6-8-18-10-12)13-9-11(3)16-17(13)5-2/h6,8-10,14-15H,4-5,7H2,1-3H3. The van der Waals surface area contributed by atoms with Crippen molar-refractivity contribution in [3.63, 3.8) is 0 Å². The van der Waals surface area contributed by atoms with Crippen LogP contribution in [0.4, 0.5) is 0 Å². The van der Waals surface area contributed by atoms with Gasteiger partial charge in [0.25, 0.3) is 0 Å². The van der Waals surface area contributed by atoms with Crippen LogP contribution >= 0.6 is 0 Å². The van der Waals surface area contributed by atoms with Gasteiger partial charge in [-0.1, -0.05) is 6.92 Å². The zero-order valence-corrected chi connectivity index (χ0v) is 11.3. The molecule has 0 aliphatic carbocycles. The lowest BCUT2D eigenvalue weighted by atomic mass is 10.1. The second-order valence-electron chi connectivity index (χ2n) is 4.47. The van der Waals surface area contributed by atoms with Gasteiger partial charge in [0.1, 0.15) is 0 Å². The van der Waals surface area contributed by atoms with Crippen LogP contribution in [0.15, 0.2) is 29.1 Å². The highest BCUT2D eigenvalue weighted by Crippen LogP contribution is 2.23. The lowest BCUT2D eigenvalue weighted by Crippen LogP contribution is -2.25. The van der Waals surface area contributed by atoms with Gasteiger partial charge in [0, 0.05) is 12.1 Å². The average Bonchev–Trinajstić information content (AvgIpc) is 2.99. The molecule has 2 aromatic heterocycles. The third-order valence-electron chi connectivity index (χ3n) is 3.00. The number of hydrogen-bond acceptors (Lipinski definition) is 3. The van der Waals surface area contributed by atoms with Crippen LogP contribution in [-0.2, 0) is 6.54 Å². The molecule has 0 saturated heterocycles.